The second-order valence-electron chi connectivity index (χ2n) is 3.38. The summed E-state index contributed by atoms with van der Waals surface area (Å²) in [6, 6.07) is 15.3. The molecule has 0 heterocycles. The molecule has 82 valence electrons. The van der Waals surface area contributed by atoms with Gasteiger partial charge in [-0.15, -0.1) is 11.6 Å². The lowest BCUT2D eigenvalue weighted by Crippen LogP contribution is -1.77. The highest BCUT2D eigenvalue weighted by Gasteiger charge is 1.98. The molecule has 0 atom stereocenters. The molecular formula is C13H11ClOS. The van der Waals surface area contributed by atoms with Gasteiger partial charge in [0.25, 0.3) is 0 Å². The Kier molecular flexibility index (Phi) is 3.75. The third-order valence-electron chi connectivity index (χ3n) is 2.13. The third-order valence-corrected chi connectivity index (χ3v) is 3.44. The van der Waals surface area contributed by atoms with Crippen molar-refractivity contribution < 1.29 is 5.11 Å². The second kappa shape index (κ2) is 5.28. The minimum atomic E-state index is 0.294. The molecule has 0 unspecified atom stereocenters. The predicted molar refractivity (Wildman–Crippen MR) is 68.2 cm³/mol. The van der Waals surface area contributed by atoms with E-state index in [4.69, 9.17) is 11.6 Å². The molecule has 16 heavy (non-hydrogen) atoms. The minimum Gasteiger partial charge on any atom is -0.508 e. The lowest BCUT2D eigenvalue weighted by Gasteiger charge is -2.03. The lowest BCUT2D eigenvalue weighted by molar-refractivity contribution is 0.474. The van der Waals surface area contributed by atoms with E-state index in [-0.39, 0.29) is 0 Å². The number of halogens is 1. The molecule has 0 spiro atoms. The molecule has 1 N–H and O–H groups in total. The largest absolute Gasteiger partial charge is 0.508 e. The van der Waals surface area contributed by atoms with Gasteiger partial charge in [-0.3, -0.25) is 0 Å². The molecule has 0 radical (unpaired) electrons. The number of hydrogen-bond acceptors (Lipinski definition) is 2. The highest BCUT2D eigenvalue weighted by atomic mass is 35.5. The van der Waals surface area contributed by atoms with E-state index in [1.807, 2.05) is 36.4 Å². The molecule has 2 rings (SSSR count). The Hall–Kier alpha value is -1.12. The molecule has 0 aliphatic carbocycles. The Labute approximate surface area is 104 Å². The Morgan fingerprint density at radius 1 is 1.00 bits per heavy atom. The Morgan fingerprint density at radius 3 is 2.38 bits per heavy atom. The maximum atomic E-state index is 9.34. The van der Waals surface area contributed by atoms with E-state index in [0.717, 1.165) is 15.4 Å². The van der Waals surface area contributed by atoms with Crippen molar-refractivity contribution in [2.24, 2.45) is 0 Å². The van der Waals surface area contributed by atoms with E-state index in [2.05, 4.69) is 0 Å². The Morgan fingerprint density at radius 2 is 1.75 bits per heavy atom. The number of aromatic hydroxyl groups is 1. The molecule has 3 heteroatoms. The average Bonchev–Trinajstić information content (AvgIpc) is 2.30. The van der Waals surface area contributed by atoms with Crippen molar-refractivity contribution in [3.63, 3.8) is 0 Å². The van der Waals surface area contributed by atoms with Crippen LogP contribution in [0.3, 0.4) is 0 Å². The van der Waals surface area contributed by atoms with Gasteiger partial charge in [-0.05, 0) is 35.9 Å². The van der Waals surface area contributed by atoms with Crippen LogP contribution in [-0.4, -0.2) is 5.11 Å². The van der Waals surface area contributed by atoms with Crippen molar-refractivity contribution in [3.05, 3.63) is 54.1 Å². The number of hydrogen-bond donors (Lipinski definition) is 1. The highest BCUT2D eigenvalue weighted by molar-refractivity contribution is 7.99. The first-order valence-electron chi connectivity index (χ1n) is 4.90. The predicted octanol–water partition coefficient (Wildman–Crippen LogP) is 4.28. The minimum absolute atomic E-state index is 0.294. The van der Waals surface area contributed by atoms with E-state index in [9.17, 15) is 5.11 Å². The molecule has 2 aromatic carbocycles. The van der Waals surface area contributed by atoms with Crippen LogP contribution in [0.4, 0.5) is 0 Å². The number of benzene rings is 2. The summed E-state index contributed by atoms with van der Waals surface area (Å²) in [5.74, 6) is 0.833. The van der Waals surface area contributed by atoms with Gasteiger partial charge in [0.05, 0.1) is 0 Å². The van der Waals surface area contributed by atoms with Crippen molar-refractivity contribution in [2.45, 2.75) is 15.7 Å². The number of phenolic OH excluding ortho intramolecular Hbond substituents is 1. The highest BCUT2D eigenvalue weighted by Crippen LogP contribution is 2.29. The fraction of sp³-hybridized carbons (Fsp3) is 0.0769. The van der Waals surface area contributed by atoms with Crippen LogP contribution in [-0.2, 0) is 5.88 Å². The van der Waals surface area contributed by atoms with Gasteiger partial charge >= 0.3 is 0 Å². The molecule has 0 aromatic heterocycles. The quantitative estimate of drug-likeness (QED) is 0.821. The number of rotatable bonds is 3. The van der Waals surface area contributed by atoms with Crippen molar-refractivity contribution in [3.8, 4) is 5.75 Å². The van der Waals surface area contributed by atoms with Gasteiger partial charge in [0.2, 0.25) is 0 Å². The third kappa shape index (κ3) is 2.94. The molecule has 0 fully saturated rings. The Balaban J connectivity index is 2.14. The zero-order valence-corrected chi connectivity index (χ0v) is 10.1. The van der Waals surface area contributed by atoms with Gasteiger partial charge in [-0.25, -0.2) is 0 Å². The number of phenols is 1. The van der Waals surface area contributed by atoms with Gasteiger partial charge in [0, 0.05) is 15.7 Å². The van der Waals surface area contributed by atoms with E-state index < -0.39 is 0 Å². The maximum Gasteiger partial charge on any atom is 0.116 e. The monoisotopic (exact) mass is 250 g/mol. The van der Waals surface area contributed by atoms with E-state index >= 15 is 0 Å². The first kappa shape index (κ1) is 11.4. The fourth-order valence-electron chi connectivity index (χ4n) is 1.33. The summed E-state index contributed by atoms with van der Waals surface area (Å²) in [4.78, 5) is 2.16. The van der Waals surface area contributed by atoms with E-state index in [1.165, 1.54) is 0 Å². The first-order chi connectivity index (χ1) is 7.78. The standard InChI is InChI=1S/C13H11ClOS/c14-9-10-4-6-12(7-5-10)16-13-3-1-2-11(15)8-13/h1-8,15H,9H2. The zero-order valence-electron chi connectivity index (χ0n) is 8.56. The zero-order chi connectivity index (χ0) is 11.4. The van der Waals surface area contributed by atoms with E-state index in [1.54, 1.807) is 23.9 Å². The molecule has 0 aliphatic heterocycles. The molecule has 0 amide bonds. The average molecular weight is 251 g/mol. The van der Waals surface area contributed by atoms with Crippen LogP contribution in [0.5, 0.6) is 5.75 Å². The summed E-state index contributed by atoms with van der Waals surface area (Å²) in [5, 5.41) is 9.34. The van der Waals surface area contributed by atoms with Crippen LogP contribution in [0.25, 0.3) is 0 Å². The fourth-order valence-corrected chi connectivity index (χ4v) is 2.38. The summed E-state index contributed by atoms with van der Waals surface area (Å²) in [6.45, 7) is 0. The maximum absolute atomic E-state index is 9.34. The van der Waals surface area contributed by atoms with Crippen LogP contribution in [0.2, 0.25) is 0 Å². The van der Waals surface area contributed by atoms with Crippen LogP contribution in [0.15, 0.2) is 58.3 Å². The molecule has 0 bridgehead atoms. The normalized spacial score (nSPS) is 10.3. The lowest BCUT2D eigenvalue weighted by atomic mass is 10.2. The van der Waals surface area contributed by atoms with Crippen molar-refractivity contribution in [1.82, 2.24) is 0 Å². The summed E-state index contributed by atoms with van der Waals surface area (Å²) in [7, 11) is 0. The number of alkyl halides is 1. The molecule has 2 aromatic rings. The van der Waals surface area contributed by atoms with Gasteiger partial charge < -0.3 is 5.11 Å². The summed E-state index contributed by atoms with van der Waals surface area (Å²) < 4.78 is 0. The summed E-state index contributed by atoms with van der Waals surface area (Å²) >= 11 is 7.34. The smallest absolute Gasteiger partial charge is 0.116 e. The van der Waals surface area contributed by atoms with Gasteiger partial charge in [0.15, 0.2) is 0 Å². The SMILES string of the molecule is Oc1cccc(Sc2ccc(CCl)cc2)c1. The van der Waals surface area contributed by atoms with Crippen molar-refractivity contribution in [1.29, 1.82) is 0 Å². The van der Waals surface area contributed by atoms with E-state index in [0.29, 0.717) is 11.6 Å². The van der Waals surface area contributed by atoms with Crippen molar-refractivity contribution >= 4 is 23.4 Å². The second-order valence-corrected chi connectivity index (χ2v) is 4.79. The molecular weight excluding hydrogens is 240 g/mol. The van der Waals surface area contributed by atoms with Gasteiger partial charge in [-0.2, -0.15) is 0 Å². The molecule has 0 saturated carbocycles. The molecule has 1 nitrogen and oxygen atoms in total. The van der Waals surface area contributed by atoms with Crippen LogP contribution >= 0.6 is 23.4 Å². The summed E-state index contributed by atoms with van der Waals surface area (Å²) in [5.41, 5.74) is 1.11. The van der Waals surface area contributed by atoms with Gasteiger partial charge in [-0.1, -0.05) is 30.0 Å². The summed E-state index contributed by atoms with van der Waals surface area (Å²) in [6.07, 6.45) is 0. The molecule has 0 aliphatic rings. The van der Waals surface area contributed by atoms with Crippen LogP contribution < -0.4 is 0 Å². The van der Waals surface area contributed by atoms with Crippen molar-refractivity contribution in [2.75, 3.05) is 0 Å². The molecule has 0 saturated heterocycles. The first-order valence-corrected chi connectivity index (χ1v) is 6.25. The van der Waals surface area contributed by atoms with Crippen LogP contribution in [0, 0.1) is 0 Å². The Bertz CT molecular complexity index is 468. The van der Waals surface area contributed by atoms with Gasteiger partial charge in [0.1, 0.15) is 5.75 Å². The topological polar surface area (TPSA) is 20.2 Å². The van der Waals surface area contributed by atoms with Crippen LogP contribution in [0.1, 0.15) is 5.56 Å².